The van der Waals surface area contributed by atoms with E-state index in [0.29, 0.717) is 22.7 Å². The zero-order chi connectivity index (χ0) is 15.5. The first kappa shape index (κ1) is 16.2. The molecule has 2 aromatic heterocycles. The summed E-state index contributed by atoms with van der Waals surface area (Å²) in [4.78, 5) is 3.78. The van der Waals surface area contributed by atoms with Crippen LogP contribution in [0.25, 0.3) is 0 Å². The van der Waals surface area contributed by atoms with E-state index < -0.39 is 12.8 Å². The van der Waals surface area contributed by atoms with Crippen LogP contribution in [0.15, 0.2) is 38.0 Å². The molecule has 1 N–H and O–H groups in total. The van der Waals surface area contributed by atoms with Gasteiger partial charge in [0.1, 0.15) is 5.76 Å². The number of nitrogens with one attached hydrogen (secondary N) is 1. The predicted molar refractivity (Wildman–Crippen MR) is 77.2 cm³/mol. The number of hydrogen-bond acceptors (Lipinski definition) is 4. The van der Waals surface area contributed by atoms with Crippen LogP contribution in [0.5, 0.6) is 5.88 Å². The maximum absolute atomic E-state index is 12.0. The van der Waals surface area contributed by atoms with Gasteiger partial charge in [-0.2, -0.15) is 13.2 Å². The van der Waals surface area contributed by atoms with Gasteiger partial charge in [0.15, 0.2) is 11.3 Å². The van der Waals surface area contributed by atoms with Crippen LogP contribution < -0.4 is 10.1 Å². The number of alkyl halides is 3. The average molecular weight is 430 g/mol. The highest BCUT2D eigenvalue weighted by Crippen LogP contribution is 2.27. The molecule has 0 amide bonds. The first-order chi connectivity index (χ1) is 9.83. The van der Waals surface area contributed by atoms with Crippen molar-refractivity contribution in [2.45, 2.75) is 12.7 Å². The summed E-state index contributed by atoms with van der Waals surface area (Å²) in [6.45, 7) is -0.949. The summed E-state index contributed by atoms with van der Waals surface area (Å²) < 4.78 is 47.2. The summed E-state index contributed by atoms with van der Waals surface area (Å²) in [5, 5.41) is 3.03. The van der Waals surface area contributed by atoms with Gasteiger partial charge in [0.25, 0.3) is 0 Å². The van der Waals surface area contributed by atoms with E-state index in [0.717, 1.165) is 4.47 Å². The van der Waals surface area contributed by atoms with Crippen LogP contribution in [-0.4, -0.2) is 17.8 Å². The topological polar surface area (TPSA) is 47.3 Å². The molecule has 9 heteroatoms. The van der Waals surface area contributed by atoms with Crippen LogP contribution in [0, 0.1) is 0 Å². The van der Waals surface area contributed by atoms with Gasteiger partial charge in [0.05, 0.1) is 22.9 Å². The SMILES string of the molecule is FC(F)(F)COc1ccc(NCc2cc(Br)c(Br)o2)cn1. The Bertz CT molecular complexity index is 580. The number of nitrogens with zero attached hydrogens (tertiary/aromatic N) is 1. The largest absolute Gasteiger partial charge is 0.468 e. The molecule has 0 aliphatic carbocycles. The van der Waals surface area contributed by atoms with E-state index in [2.05, 4.69) is 46.9 Å². The normalized spacial score (nSPS) is 11.5. The number of rotatable bonds is 5. The molecule has 0 bridgehead atoms. The summed E-state index contributed by atoms with van der Waals surface area (Å²) in [6, 6.07) is 4.74. The van der Waals surface area contributed by atoms with Gasteiger partial charge in [-0.05, 0) is 44.0 Å². The molecule has 0 aliphatic heterocycles. The highest BCUT2D eigenvalue weighted by Gasteiger charge is 2.28. The lowest BCUT2D eigenvalue weighted by molar-refractivity contribution is -0.154. The Morgan fingerprint density at radius 2 is 2.05 bits per heavy atom. The molecule has 0 unspecified atom stereocenters. The highest BCUT2D eigenvalue weighted by atomic mass is 79.9. The number of hydrogen-bond donors (Lipinski definition) is 1. The molecular weight excluding hydrogens is 421 g/mol. The molecule has 4 nitrogen and oxygen atoms in total. The summed E-state index contributed by atoms with van der Waals surface area (Å²) in [7, 11) is 0. The second-order valence-corrected chi connectivity index (χ2v) is 5.55. The first-order valence-corrected chi connectivity index (χ1v) is 7.25. The monoisotopic (exact) mass is 428 g/mol. The minimum Gasteiger partial charge on any atom is -0.468 e. The van der Waals surface area contributed by atoms with E-state index in [9.17, 15) is 13.2 Å². The van der Waals surface area contributed by atoms with Crippen molar-refractivity contribution in [1.29, 1.82) is 0 Å². The van der Waals surface area contributed by atoms with E-state index in [1.165, 1.54) is 12.3 Å². The number of ether oxygens (including phenoxy) is 1. The van der Waals surface area contributed by atoms with Gasteiger partial charge >= 0.3 is 6.18 Å². The quantitative estimate of drug-likeness (QED) is 0.744. The second-order valence-electron chi connectivity index (χ2n) is 3.98. The summed E-state index contributed by atoms with van der Waals surface area (Å²) in [5.74, 6) is 0.604. The molecule has 0 atom stereocenters. The lowest BCUT2D eigenvalue weighted by Crippen LogP contribution is -2.19. The van der Waals surface area contributed by atoms with Crippen molar-refractivity contribution in [3.63, 3.8) is 0 Å². The Morgan fingerprint density at radius 1 is 1.29 bits per heavy atom. The van der Waals surface area contributed by atoms with Crippen LogP contribution in [0.2, 0.25) is 0 Å². The van der Waals surface area contributed by atoms with Gasteiger partial charge in [-0.1, -0.05) is 0 Å². The number of pyridine rings is 1. The van der Waals surface area contributed by atoms with E-state index in [1.807, 2.05) is 0 Å². The van der Waals surface area contributed by atoms with Gasteiger partial charge in [0.2, 0.25) is 5.88 Å². The molecule has 0 fully saturated rings. The third kappa shape index (κ3) is 5.24. The molecule has 0 spiro atoms. The Balaban J connectivity index is 1.87. The Hall–Kier alpha value is -1.22. The molecule has 2 aromatic rings. The maximum atomic E-state index is 12.0. The molecule has 21 heavy (non-hydrogen) atoms. The molecule has 114 valence electrons. The fourth-order valence-corrected chi connectivity index (χ4v) is 2.05. The fraction of sp³-hybridized carbons (Fsp3) is 0.250. The van der Waals surface area contributed by atoms with Crippen molar-refractivity contribution in [2.24, 2.45) is 0 Å². The number of aromatic nitrogens is 1. The van der Waals surface area contributed by atoms with Crippen molar-refractivity contribution < 1.29 is 22.3 Å². The third-order valence-electron chi connectivity index (χ3n) is 2.28. The second kappa shape index (κ2) is 6.69. The van der Waals surface area contributed by atoms with E-state index >= 15 is 0 Å². The van der Waals surface area contributed by atoms with Gasteiger partial charge in [-0.3, -0.25) is 0 Å². The van der Waals surface area contributed by atoms with Crippen LogP contribution >= 0.6 is 31.9 Å². The number of anilines is 1. The highest BCUT2D eigenvalue weighted by molar-refractivity contribution is 9.13. The molecule has 0 radical (unpaired) electrons. The van der Waals surface area contributed by atoms with Crippen molar-refractivity contribution in [2.75, 3.05) is 11.9 Å². The summed E-state index contributed by atoms with van der Waals surface area (Å²) >= 11 is 6.52. The van der Waals surface area contributed by atoms with Gasteiger partial charge in [-0.15, -0.1) is 0 Å². The van der Waals surface area contributed by atoms with E-state index in [1.54, 1.807) is 12.1 Å². The summed E-state index contributed by atoms with van der Waals surface area (Å²) in [5.41, 5.74) is 0.637. The smallest absolute Gasteiger partial charge is 0.422 e. The third-order valence-corrected chi connectivity index (χ3v) is 3.99. The van der Waals surface area contributed by atoms with Crippen LogP contribution in [0.4, 0.5) is 18.9 Å². The summed E-state index contributed by atoms with van der Waals surface area (Å²) in [6.07, 6.45) is -2.99. The standard InChI is InChI=1S/C12H9Br2F3N2O2/c13-9-3-8(21-11(9)14)5-18-7-1-2-10(19-4-7)20-6-12(15,16)17/h1-4,18H,5-6H2. The lowest BCUT2D eigenvalue weighted by Gasteiger charge is -2.09. The zero-order valence-corrected chi connectivity index (χ0v) is 13.5. The van der Waals surface area contributed by atoms with Crippen molar-refractivity contribution in [1.82, 2.24) is 4.98 Å². The van der Waals surface area contributed by atoms with Crippen LogP contribution in [0.1, 0.15) is 5.76 Å². The maximum Gasteiger partial charge on any atom is 0.422 e. The fourth-order valence-electron chi connectivity index (χ4n) is 1.39. The molecule has 0 saturated carbocycles. The molecule has 2 rings (SSSR count). The average Bonchev–Trinajstić information content (AvgIpc) is 2.74. The van der Waals surface area contributed by atoms with Crippen LogP contribution in [-0.2, 0) is 6.54 Å². The molecule has 0 aromatic carbocycles. The minimum absolute atomic E-state index is 0.0821. The van der Waals surface area contributed by atoms with E-state index in [4.69, 9.17) is 4.42 Å². The number of halogens is 5. The Morgan fingerprint density at radius 3 is 2.57 bits per heavy atom. The first-order valence-electron chi connectivity index (χ1n) is 5.67. The van der Waals surface area contributed by atoms with Gasteiger partial charge in [0, 0.05) is 6.07 Å². The lowest BCUT2D eigenvalue weighted by atomic mass is 10.4. The van der Waals surface area contributed by atoms with E-state index in [-0.39, 0.29) is 5.88 Å². The van der Waals surface area contributed by atoms with Crippen molar-refractivity contribution in [3.8, 4) is 5.88 Å². The molecule has 0 saturated heterocycles. The molecule has 2 heterocycles. The van der Waals surface area contributed by atoms with Crippen molar-refractivity contribution in [3.05, 3.63) is 39.3 Å². The van der Waals surface area contributed by atoms with Crippen molar-refractivity contribution >= 4 is 37.5 Å². The van der Waals surface area contributed by atoms with Gasteiger partial charge < -0.3 is 14.5 Å². The molecular formula is C12H9Br2F3N2O2. The Kier molecular flexibility index (Phi) is 5.15. The Labute approximate surface area is 134 Å². The van der Waals surface area contributed by atoms with Gasteiger partial charge in [-0.25, -0.2) is 4.98 Å². The minimum atomic E-state index is -4.38. The predicted octanol–water partition coefficient (Wildman–Crippen LogP) is 4.75. The van der Waals surface area contributed by atoms with Crippen LogP contribution in [0.3, 0.4) is 0 Å². The number of furan rings is 1. The zero-order valence-electron chi connectivity index (χ0n) is 10.4. The molecule has 0 aliphatic rings.